The Labute approximate surface area is 99.0 Å². The van der Waals surface area contributed by atoms with Crippen LogP contribution in [0.2, 0.25) is 0 Å². The fourth-order valence-electron chi connectivity index (χ4n) is 2.05. The highest BCUT2D eigenvalue weighted by molar-refractivity contribution is 7.99. The average molecular weight is 233 g/mol. The van der Waals surface area contributed by atoms with Gasteiger partial charge in [-0.25, -0.2) is 4.98 Å². The SMILES string of the molecule is c1ccc2[nH]c(SC[C@@H]3CCNC3)nc2c1. The summed E-state index contributed by atoms with van der Waals surface area (Å²) in [5, 5.41) is 4.44. The van der Waals surface area contributed by atoms with E-state index in [1.54, 1.807) is 0 Å². The van der Waals surface area contributed by atoms with Crippen molar-refractivity contribution in [3.8, 4) is 0 Å². The molecule has 0 unspecified atom stereocenters. The number of rotatable bonds is 3. The quantitative estimate of drug-likeness (QED) is 0.799. The molecule has 3 rings (SSSR count). The van der Waals surface area contributed by atoms with Gasteiger partial charge in [0.1, 0.15) is 0 Å². The maximum atomic E-state index is 4.56. The molecular formula is C12H15N3S. The zero-order valence-electron chi connectivity index (χ0n) is 9.07. The second kappa shape index (κ2) is 4.47. The molecule has 0 aliphatic carbocycles. The Bertz CT molecular complexity index is 441. The number of para-hydroxylation sites is 2. The first-order valence-electron chi connectivity index (χ1n) is 5.70. The van der Waals surface area contributed by atoms with Crippen LogP contribution in [-0.2, 0) is 0 Å². The Kier molecular flexibility index (Phi) is 2.84. The Morgan fingerprint density at radius 1 is 1.38 bits per heavy atom. The van der Waals surface area contributed by atoms with Gasteiger partial charge in [0.05, 0.1) is 11.0 Å². The van der Waals surface area contributed by atoms with Gasteiger partial charge in [0.15, 0.2) is 5.16 Å². The molecular weight excluding hydrogens is 218 g/mol. The number of hydrogen-bond donors (Lipinski definition) is 2. The predicted octanol–water partition coefficient (Wildman–Crippen LogP) is 2.26. The van der Waals surface area contributed by atoms with E-state index in [9.17, 15) is 0 Å². The molecule has 1 aromatic carbocycles. The maximum Gasteiger partial charge on any atom is 0.166 e. The van der Waals surface area contributed by atoms with Crippen molar-refractivity contribution in [2.45, 2.75) is 11.6 Å². The predicted molar refractivity (Wildman–Crippen MR) is 67.8 cm³/mol. The summed E-state index contributed by atoms with van der Waals surface area (Å²) in [6.45, 7) is 2.33. The van der Waals surface area contributed by atoms with Gasteiger partial charge in [-0.15, -0.1) is 0 Å². The molecule has 2 aromatic rings. The van der Waals surface area contributed by atoms with Crippen molar-refractivity contribution in [2.24, 2.45) is 5.92 Å². The molecule has 2 heterocycles. The van der Waals surface area contributed by atoms with Gasteiger partial charge in [-0.1, -0.05) is 23.9 Å². The van der Waals surface area contributed by atoms with Crippen molar-refractivity contribution in [1.29, 1.82) is 0 Å². The second-order valence-electron chi connectivity index (χ2n) is 4.23. The number of hydrogen-bond acceptors (Lipinski definition) is 3. The highest BCUT2D eigenvalue weighted by Gasteiger charge is 2.15. The monoisotopic (exact) mass is 233 g/mol. The van der Waals surface area contributed by atoms with Crippen molar-refractivity contribution in [3.63, 3.8) is 0 Å². The van der Waals surface area contributed by atoms with Gasteiger partial charge in [-0.05, 0) is 37.6 Å². The van der Waals surface area contributed by atoms with Crippen molar-refractivity contribution >= 4 is 22.8 Å². The summed E-state index contributed by atoms with van der Waals surface area (Å²) < 4.78 is 0. The average Bonchev–Trinajstić information content (AvgIpc) is 2.95. The van der Waals surface area contributed by atoms with E-state index in [4.69, 9.17) is 0 Å². The summed E-state index contributed by atoms with van der Waals surface area (Å²) >= 11 is 1.84. The van der Waals surface area contributed by atoms with Gasteiger partial charge < -0.3 is 10.3 Å². The Morgan fingerprint density at radius 2 is 2.31 bits per heavy atom. The molecule has 84 valence electrons. The zero-order valence-corrected chi connectivity index (χ0v) is 9.89. The highest BCUT2D eigenvalue weighted by Crippen LogP contribution is 2.23. The van der Waals surface area contributed by atoms with E-state index in [0.717, 1.165) is 34.4 Å². The third-order valence-electron chi connectivity index (χ3n) is 2.99. The van der Waals surface area contributed by atoms with E-state index in [-0.39, 0.29) is 0 Å². The lowest BCUT2D eigenvalue weighted by molar-refractivity contribution is 0.662. The van der Waals surface area contributed by atoms with E-state index in [1.807, 2.05) is 30.0 Å². The molecule has 1 aliphatic rings. The number of benzene rings is 1. The molecule has 1 atom stereocenters. The minimum Gasteiger partial charge on any atom is -0.333 e. The molecule has 3 nitrogen and oxygen atoms in total. The molecule has 1 saturated heterocycles. The van der Waals surface area contributed by atoms with Gasteiger partial charge >= 0.3 is 0 Å². The minimum atomic E-state index is 0.804. The standard InChI is InChI=1S/C12H15N3S/c1-2-4-11-10(3-1)14-12(15-11)16-8-9-5-6-13-7-9/h1-4,9,13H,5-8H2,(H,14,15)/t9-/m1/s1. The lowest BCUT2D eigenvalue weighted by atomic mass is 10.2. The van der Waals surface area contributed by atoms with Crippen LogP contribution < -0.4 is 5.32 Å². The number of nitrogens with zero attached hydrogens (tertiary/aromatic N) is 1. The molecule has 0 radical (unpaired) electrons. The number of imidazole rings is 1. The van der Waals surface area contributed by atoms with Gasteiger partial charge in [0.2, 0.25) is 0 Å². The van der Waals surface area contributed by atoms with Crippen molar-refractivity contribution in [1.82, 2.24) is 15.3 Å². The van der Waals surface area contributed by atoms with E-state index in [1.165, 1.54) is 13.0 Å². The molecule has 2 N–H and O–H groups in total. The summed E-state index contributed by atoms with van der Waals surface area (Å²) in [4.78, 5) is 7.91. The maximum absolute atomic E-state index is 4.56. The number of aromatic nitrogens is 2. The summed E-state index contributed by atoms with van der Waals surface area (Å²) in [6.07, 6.45) is 1.30. The first-order chi connectivity index (χ1) is 7.92. The normalized spacial score (nSPS) is 20.6. The number of thioether (sulfide) groups is 1. The minimum absolute atomic E-state index is 0.804. The fourth-order valence-corrected chi connectivity index (χ4v) is 3.07. The van der Waals surface area contributed by atoms with Crippen molar-refractivity contribution in [2.75, 3.05) is 18.8 Å². The second-order valence-corrected chi connectivity index (χ2v) is 5.24. The topological polar surface area (TPSA) is 40.7 Å². The van der Waals surface area contributed by atoms with Crippen LogP contribution in [0.4, 0.5) is 0 Å². The molecule has 16 heavy (non-hydrogen) atoms. The summed E-state index contributed by atoms with van der Waals surface area (Å²) in [7, 11) is 0. The van der Waals surface area contributed by atoms with Gasteiger partial charge in [-0.3, -0.25) is 0 Å². The number of nitrogens with one attached hydrogen (secondary N) is 2. The highest BCUT2D eigenvalue weighted by atomic mass is 32.2. The van der Waals surface area contributed by atoms with E-state index in [2.05, 4.69) is 21.4 Å². The van der Waals surface area contributed by atoms with Crippen LogP contribution in [0, 0.1) is 5.92 Å². The number of aromatic amines is 1. The van der Waals surface area contributed by atoms with Crippen molar-refractivity contribution < 1.29 is 0 Å². The Balaban J connectivity index is 1.69. The first kappa shape index (κ1) is 10.2. The van der Waals surface area contributed by atoms with Crippen LogP contribution in [-0.4, -0.2) is 28.8 Å². The first-order valence-corrected chi connectivity index (χ1v) is 6.68. The Morgan fingerprint density at radius 3 is 3.12 bits per heavy atom. The number of fused-ring (bicyclic) bond motifs is 1. The molecule has 4 heteroatoms. The van der Waals surface area contributed by atoms with Gasteiger partial charge in [0.25, 0.3) is 0 Å². The summed E-state index contributed by atoms with van der Waals surface area (Å²) in [5.74, 6) is 1.96. The fraction of sp³-hybridized carbons (Fsp3) is 0.417. The van der Waals surface area contributed by atoms with E-state index >= 15 is 0 Å². The summed E-state index contributed by atoms with van der Waals surface area (Å²) in [6, 6.07) is 8.19. The molecule has 0 saturated carbocycles. The molecule has 0 amide bonds. The van der Waals surface area contributed by atoms with Gasteiger partial charge in [0, 0.05) is 5.75 Å². The summed E-state index contributed by atoms with van der Waals surface area (Å²) in [5.41, 5.74) is 2.20. The smallest absolute Gasteiger partial charge is 0.166 e. The third kappa shape index (κ3) is 2.08. The number of H-pyrrole nitrogens is 1. The van der Waals surface area contributed by atoms with E-state index < -0.39 is 0 Å². The van der Waals surface area contributed by atoms with Gasteiger partial charge in [-0.2, -0.15) is 0 Å². The van der Waals surface area contributed by atoms with Crippen molar-refractivity contribution in [3.05, 3.63) is 24.3 Å². The molecule has 1 aromatic heterocycles. The lowest BCUT2D eigenvalue weighted by Crippen LogP contribution is -2.10. The molecule has 0 bridgehead atoms. The Hall–Kier alpha value is -1.00. The van der Waals surface area contributed by atoms with Crippen LogP contribution in [0.15, 0.2) is 29.4 Å². The lowest BCUT2D eigenvalue weighted by Gasteiger charge is -2.04. The van der Waals surface area contributed by atoms with Crippen LogP contribution in [0.5, 0.6) is 0 Å². The molecule has 1 aliphatic heterocycles. The van der Waals surface area contributed by atoms with Crippen LogP contribution >= 0.6 is 11.8 Å². The van der Waals surface area contributed by atoms with E-state index in [0.29, 0.717) is 0 Å². The molecule has 1 fully saturated rings. The third-order valence-corrected chi connectivity index (χ3v) is 4.09. The van der Waals surface area contributed by atoms with Crippen LogP contribution in [0.1, 0.15) is 6.42 Å². The van der Waals surface area contributed by atoms with Crippen LogP contribution in [0.3, 0.4) is 0 Å². The largest absolute Gasteiger partial charge is 0.333 e. The van der Waals surface area contributed by atoms with Crippen LogP contribution in [0.25, 0.3) is 11.0 Å². The zero-order chi connectivity index (χ0) is 10.8. The molecule has 0 spiro atoms.